The first kappa shape index (κ1) is 15.0. The van der Waals surface area contributed by atoms with Crippen molar-refractivity contribution >= 4 is 17.6 Å². The van der Waals surface area contributed by atoms with Gasteiger partial charge in [-0.1, -0.05) is 5.21 Å². The lowest BCUT2D eigenvalue weighted by Gasteiger charge is -2.08. The van der Waals surface area contributed by atoms with Gasteiger partial charge in [-0.2, -0.15) is 0 Å². The van der Waals surface area contributed by atoms with Gasteiger partial charge in [-0.15, -0.1) is 5.10 Å². The minimum atomic E-state index is -1.12. The fraction of sp³-hybridized carbons (Fsp3) is 0.333. The van der Waals surface area contributed by atoms with Gasteiger partial charge in [-0.05, 0) is 37.1 Å². The number of hydrogen-bond acceptors (Lipinski definition) is 5. The molecule has 1 aromatic heterocycles. The maximum Gasteiger partial charge on any atom is 0.358 e. The highest BCUT2D eigenvalue weighted by Crippen LogP contribution is 2.41. The molecular formula is C15H16N4O4. The van der Waals surface area contributed by atoms with E-state index >= 15 is 0 Å². The third kappa shape index (κ3) is 3.31. The van der Waals surface area contributed by atoms with Crippen molar-refractivity contribution in [2.45, 2.75) is 25.3 Å². The van der Waals surface area contributed by atoms with E-state index in [4.69, 9.17) is 9.84 Å². The van der Waals surface area contributed by atoms with Crippen molar-refractivity contribution in [3.63, 3.8) is 0 Å². The number of ether oxygens (including phenoxy) is 1. The molecule has 1 aliphatic carbocycles. The zero-order valence-corrected chi connectivity index (χ0v) is 12.5. The van der Waals surface area contributed by atoms with Gasteiger partial charge in [0.2, 0.25) is 5.91 Å². The number of rotatable bonds is 6. The van der Waals surface area contributed by atoms with Gasteiger partial charge in [-0.3, -0.25) is 4.79 Å². The van der Waals surface area contributed by atoms with Crippen LogP contribution in [0.3, 0.4) is 0 Å². The van der Waals surface area contributed by atoms with Crippen LogP contribution in [0.2, 0.25) is 0 Å². The third-order valence-electron chi connectivity index (χ3n) is 3.61. The van der Waals surface area contributed by atoms with Crippen LogP contribution < -0.4 is 10.1 Å². The quantitative estimate of drug-likeness (QED) is 0.836. The van der Waals surface area contributed by atoms with Gasteiger partial charge in [-0.25, -0.2) is 9.48 Å². The van der Waals surface area contributed by atoms with Gasteiger partial charge in [0.05, 0.1) is 12.8 Å². The van der Waals surface area contributed by atoms with Crippen LogP contribution in [0.15, 0.2) is 24.3 Å². The number of aromatic nitrogens is 3. The van der Waals surface area contributed by atoms with Gasteiger partial charge in [0.1, 0.15) is 12.3 Å². The van der Waals surface area contributed by atoms with Gasteiger partial charge in [0.15, 0.2) is 5.69 Å². The minimum absolute atomic E-state index is 0.0650. The number of anilines is 1. The number of benzene rings is 1. The van der Waals surface area contributed by atoms with E-state index in [1.807, 2.05) is 0 Å². The number of carbonyl (C=O) groups excluding carboxylic acids is 1. The molecule has 2 aromatic rings. The second-order valence-electron chi connectivity index (χ2n) is 5.34. The first-order chi connectivity index (χ1) is 11.1. The van der Waals surface area contributed by atoms with Crippen LogP contribution in [0.25, 0.3) is 0 Å². The summed E-state index contributed by atoms with van der Waals surface area (Å²) in [7, 11) is 1.57. The highest BCUT2D eigenvalue weighted by molar-refractivity contribution is 5.91. The maximum atomic E-state index is 12.1. The highest BCUT2D eigenvalue weighted by Gasteiger charge is 2.34. The zero-order chi connectivity index (χ0) is 16.4. The van der Waals surface area contributed by atoms with E-state index in [9.17, 15) is 9.59 Å². The molecule has 2 N–H and O–H groups in total. The fourth-order valence-electron chi connectivity index (χ4n) is 2.36. The Bertz CT molecular complexity index is 734. The molecule has 1 aliphatic rings. The van der Waals surface area contributed by atoms with E-state index < -0.39 is 5.97 Å². The lowest BCUT2D eigenvalue weighted by molar-refractivity contribution is -0.117. The van der Waals surface area contributed by atoms with Crippen molar-refractivity contribution in [3.05, 3.63) is 35.7 Å². The average molecular weight is 316 g/mol. The van der Waals surface area contributed by atoms with E-state index in [1.54, 1.807) is 31.4 Å². The molecule has 1 aromatic carbocycles. The number of amides is 1. The molecule has 1 heterocycles. The smallest absolute Gasteiger partial charge is 0.358 e. The van der Waals surface area contributed by atoms with Crippen molar-refractivity contribution in [1.82, 2.24) is 15.0 Å². The Morgan fingerprint density at radius 3 is 2.61 bits per heavy atom. The van der Waals surface area contributed by atoms with E-state index in [0.717, 1.165) is 12.8 Å². The molecule has 120 valence electrons. The van der Waals surface area contributed by atoms with Gasteiger partial charge >= 0.3 is 5.97 Å². The molecule has 0 unspecified atom stereocenters. The maximum absolute atomic E-state index is 12.1. The molecule has 23 heavy (non-hydrogen) atoms. The second kappa shape index (κ2) is 6.07. The molecule has 1 amide bonds. The summed E-state index contributed by atoms with van der Waals surface area (Å²) < 4.78 is 6.43. The third-order valence-corrected chi connectivity index (χ3v) is 3.61. The Labute approximate surface area is 132 Å². The van der Waals surface area contributed by atoms with E-state index in [0.29, 0.717) is 17.1 Å². The van der Waals surface area contributed by atoms with Crippen LogP contribution in [0.1, 0.15) is 34.9 Å². The van der Waals surface area contributed by atoms with Crippen LogP contribution in [-0.4, -0.2) is 39.1 Å². The van der Waals surface area contributed by atoms with Gasteiger partial charge < -0.3 is 15.2 Å². The predicted octanol–water partition coefficient (Wildman–Crippen LogP) is 1.50. The van der Waals surface area contributed by atoms with E-state index in [1.165, 1.54) is 4.68 Å². The topological polar surface area (TPSA) is 106 Å². The number of nitrogens with one attached hydrogen (secondary N) is 1. The second-order valence-corrected chi connectivity index (χ2v) is 5.34. The molecule has 0 atom stereocenters. The molecule has 0 spiro atoms. The Hall–Kier alpha value is -2.90. The monoisotopic (exact) mass is 316 g/mol. The number of carboxylic acid groups (broad SMARTS) is 1. The van der Waals surface area contributed by atoms with Crippen molar-refractivity contribution in [1.29, 1.82) is 0 Å². The summed E-state index contributed by atoms with van der Waals surface area (Å²) in [5.41, 5.74) is 1.09. The van der Waals surface area contributed by atoms with Crippen LogP contribution in [0, 0.1) is 0 Å². The zero-order valence-electron chi connectivity index (χ0n) is 12.5. The number of aromatic carboxylic acids is 1. The van der Waals surface area contributed by atoms with Crippen LogP contribution in [-0.2, 0) is 11.3 Å². The molecule has 0 radical (unpaired) electrons. The van der Waals surface area contributed by atoms with Gasteiger partial charge in [0, 0.05) is 11.6 Å². The van der Waals surface area contributed by atoms with Crippen molar-refractivity contribution in [2.24, 2.45) is 0 Å². The Kier molecular flexibility index (Phi) is 3.96. The normalized spacial score (nSPS) is 13.6. The van der Waals surface area contributed by atoms with E-state index in [-0.39, 0.29) is 24.1 Å². The molecule has 0 bridgehead atoms. The molecule has 1 saturated carbocycles. The van der Waals surface area contributed by atoms with Crippen LogP contribution in [0.5, 0.6) is 5.75 Å². The summed E-state index contributed by atoms with van der Waals surface area (Å²) in [6.45, 7) is -0.0713. The lowest BCUT2D eigenvalue weighted by atomic mass is 10.2. The summed E-state index contributed by atoms with van der Waals surface area (Å²) >= 11 is 0. The highest BCUT2D eigenvalue weighted by atomic mass is 16.5. The van der Waals surface area contributed by atoms with Crippen molar-refractivity contribution < 1.29 is 19.4 Å². The number of carboxylic acids is 1. The standard InChI is InChI=1S/C15H16N4O4/c1-23-11-6-4-10(5-7-11)16-12(20)8-19-14(9-2-3-9)13(15(21)22)17-18-19/h4-7,9H,2-3,8H2,1H3,(H,16,20)(H,21,22). The number of methoxy groups -OCH3 is 1. The summed E-state index contributed by atoms with van der Waals surface area (Å²) in [5, 5.41) is 19.4. The number of nitrogens with zero attached hydrogens (tertiary/aromatic N) is 3. The summed E-state index contributed by atoms with van der Waals surface area (Å²) in [4.78, 5) is 23.3. The predicted molar refractivity (Wildman–Crippen MR) is 80.6 cm³/mol. The number of hydrogen-bond donors (Lipinski definition) is 2. The average Bonchev–Trinajstić information content (AvgIpc) is 3.28. The van der Waals surface area contributed by atoms with Crippen LogP contribution in [0.4, 0.5) is 5.69 Å². The van der Waals surface area contributed by atoms with Gasteiger partial charge in [0.25, 0.3) is 0 Å². The molecule has 3 rings (SSSR count). The molecule has 0 aliphatic heterocycles. The molecule has 1 fully saturated rings. The molecule has 0 saturated heterocycles. The minimum Gasteiger partial charge on any atom is -0.497 e. The van der Waals surface area contributed by atoms with Crippen molar-refractivity contribution in [2.75, 3.05) is 12.4 Å². The summed E-state index contributed by atoms with van der Waals surface area (Å²) in [5.74, 6) is -0.584. The van der Waals surface area contributed by atoms with E-state index in [2.05, 4.69) is 15.6 Å². The van der Waals surface area contributed by atoms with Crippen LogP contribution >= 0.6 is 0 Å². The van der Waals surface area contributed by atoms with Crippen molar-refractivity contribution in [3.8, 4) is 5.75 Å². The lowest BCUT2D eigenvalue weighted by Crippen LogP contribution is -2.21. The molecule has 8 nitrogen and oxygen atoms in total. The fourth-order valence-corrected chi connectivity index (χ4v) is 2.36. The molecule has 8 heteroatoms. The first-order valence-corrected chi connectivity index (χ1v) is 7.19. The largest absolute Gasteiger partial charge is 0.497 e. The molecular weight excluding hydrogens is 300 g/mol. The first-order valence-electron chi connectivity index (χ1n) is 7.19. The summed E-state index contributed by atoms with van der Waals surface area (Å²) in [6, 6.07) is 6.93. The Balaban J connectivity index is 1.71. The summed E-state index contributed by atoms with van der Waals surface area (Å²) in [6.07, 6.45) is 1.79. The Morgan fingerprint density at radius 1 is 1.35 bits per heavy atom. The number of carbonyl (C=O) groups is 2. The SMILES string of the molecule is COc1ccc(NC(=O)Cn2nnc(C(=O)O)c2C2CC2)cc1. The Morgan fingerprint density at radius 2 is 2.04 bits per heavy atom.